The van der Waals surface area contributed by atoms with Crippen LogP contribution in [0.3, 0.4) is 0 Å². The molecular formula is C15H26N2O4S3. The van der Waals surface area contributed by atoms with Gasteiger partial charge in [-0.05, 0) is 39.0 Å². The molecule has 1 aliphatic rings. The fourth-order valence-corrected chi connectivity index (χ4v) is 7.87. The van der Waals surface area contributed by atoms with Crippen LogP contribution in [0.5, 0.6) is 0 Å². The third kappa shape index (κ3) is 4.56. The van der Waals surface area contributed by atoms with Crippen molar-refractivity contribution in [2.75, 3.05) is 24.3 Å². The van der Waals surface area contributed by atoms with Crippen molar-refractivity contribution in [1.29, 1.82) is 0 Å². The Morgan fingerprint density at radius 3 is 2.62 bits per heavy atom. The van der Waals surface area contributed by atoms with Gasteiger partial charge in [-0.25, -0.2) is 21.8 Å². The number of hydrogen-bond donors (Lipinski definition) is 0. The predicted octanol–water partition coefficient (Wildman–Crippen LogP) is 2.16. The number of thiazole rings is 1. The minimum absolute atomic E-state index is 0.0198. The monoisotopic (exact) mass is 394 g/mol. The van der Waals surface area contributed by atoms with Crippen LogP contribution in [0.1, 0.15) is 48.3 Å². The zero-order valence-electron chi connectivity index (χ0n) is 14.6. The van der Waals surface area contributed by atoms with Crippen molar-refractivity contribution in [3.63, 3.8) is 0 Å². The van der Waals surface area contributed by atoms with Gasteiger partial charge in [0.2, 0.25) is 10.0 Å². The normalized spacial score (nSPS) is 22.6. The van der Waals surface area contributed by atoms with Crippen LogP contribution in [0.4, 0.5) is 0 Å². The summed E-state index contributed by atoms with van der Waals surface area (Å²) in [5, 5.41) is 0.999. The molecule has 0 amide bonds. The number of sulfonamides is 1. The Morgan fingerprint density at radius 1 is 1.42 bits per heavy atom. The Bertz CT molecular complexity index is 784. The van der Waals surface area contributed by atoms with Gasteiger partial charge in [0.25, 0.3) is 0 Å². The summed E-state index contributed by atoms with van der Waals surface area (Å²) in [5.74, 6) is -0.257. The fraction of sp³-hybridized carbons (Fsp3) is 0.800. The second kappa shape index (κ2) is 7.39. The van der Waals surface area contributed by atoms with Crippen molar-refractivity contribution < 1.29 is 16.8 Å². The summed E-state index contributed by atoms with van der Waals surface area (Å²) in [4.78, 5) is 5.42. The number of hydrogen-bond acceptors (Lipinski definition) is 6. The molecule has 1 aliphatic heterocycles. The van der Waals surface area contributed by atoms with E-state index in [4.69, 9.17) is 0 Å². The van der Waals surface area contributed by atoms with Crippen molar-refractivity contribution >= 4 is 31.2 Å². The van der Waals surface area contributed by atoms with E-state index < -0.39 is 19.9 Å². The van der Waals surface area contributed by atoms with Crippen molar-refractivity contribution in [2.45, 2.75) is 46.1 Å². The van der Waals surface area contributed by atoms with Gasteiger partial charge >= 0.3 is 0 Å². The molecule has 1 aromatic rings. The van der Waals surface area contributed by atoms with Crippen LogP contribution in [-0.2, 0) is 26.3 Å². The molecule has 138 valence electrons. The fourth-order valence-electron chi connectivity index (χ4n) is 3.08. The Balaban J connectivity index is 2.14. The summed E-state index contributed by atoms with van der Waals surface area (Å²) >= 11 is 1.54. The smallest absolute Gasteiger partial charge is 0.214 e. The SMILES string of the molecule is CCc1nc(C)c(C(C)N(C)S(=O)(=O)CC2CCCS(=O)(=O)C2)s1. The van der Waals surface area contributed by atoms with Gasteiger partial charge in [-0.1, -0.05) is 6.92 Å². The van der Waals surface area contributed by atoms with E-state index in [1.165, 1.54) is 4.31 Å². The van der Waals surface area contributed by atoms with Gasteiger partial charge in [0.1, 0.15) is 0 Å². The summed E-state index contributed by atoms with van der Waals surface area (Å²) in [6, 6.07) is -0.298. The molecule has 24 heavy (non-hydrogen) atoms. The molecule has 6 nitrogen and oxygen atoms in total. The predicted molar refractivity (Wildman–Crippen MR) is 97.6 cm³/mol. The lowest BCUT2D eigenvalue weighted by molar-refractivity contribution is 0.393. The molecule has 1 fully saturated rings. The number of rotatable bonds is 6. The molecule has 0 N–H and O–H groups in total. The van der Waals surface area contributed by atoms with Gasteiger partial charge in [0.05, 0.1) is 34.0 Å². The number of aryl methyl sites for hydroxylation is 2. The molecule has 2 unspecified atom stereocenters. The van der Waals surface area contributed by atoms with E-state index in [0.29, 0.717) is 12.8 Å². The summed E-state index contributed by atoms with van der Waals surface area (Å²) < 4.78 is 50.3. The highest BCUT2D eigenvalue weighted by Crippen LogP contribution is 2.31. The first-order chi connectivity index (χ1) is 11.1. The van der Waals surface area contributed by atoms with Crippen LogP contribution in [0.2, 0.25) is 0 Å². The Kier molecular flexibility index (Phi) is 6.10. The van der Waals surface area contributed by atoms with Crippen molar-refractivity contribution in [1.82, 2.24) is 9.29 Å². The lowest BCUT2D eigenvalue weighted by Gasteiger charge is -2.28. The minimum Gasteiger partial charge on any atom is -0.246 e. The van der Waals surface area contributed by atoms with Crippen LogP contribution in [0.25, 0.3) is 0 Å². The topological polar surface area (TPSA) is 84.4 Å². The first-order valence-corrected chi connectivity index (χ1v) is 12.4. The van der Waals surface area contributed by atoms with Crippen molar-refractivity contribution in [2.24, 2.45) is 5.92 Å². The maximum absolute atomic E-state index is 12.7. The Hall–Kier alpha value is -0.510. The Labute approximate surface area is 149 Å². The summed E-state index contributed by atoms with van der Waals surface area (Å²) in [5.41, 5.74) is 0.867. The van der Waals surface area contributed by atoms with Crippen LogP contribution >= 0.6 is 11.3 Å². The van der Waals surface area contributed by atoms with Crippen LogP contribution < -0.4 is 0 Å². The van der Waals surface area contributed by atoms with Crippen LogP contribution in [0.15, 0.2) is 0 Å². The molecule has 0 saturated carbocycles. The van der Waals surface area contributed by atoms with E-state index in [-0.39, 0.29) is 29.2 Å². The molecule has 2 atom stereocenters. The van der Waals surface area contributed by atoms with E-state index in [1.807, 2.05) is 20.8 Å². The number of sulfone groups is 1. The number of aromatic nitrogens is 1. The van der Waals surface area contributed by atoms with E-state index in [2.05, 4.69) is 4.98 Å². The highest BCUT2D eigenvalue weighted by molar-refractivity contribution is 7.91. The summed E-state index contributed by atoms with van der Waals surface area (Å²) in [7, 11) is -5.05. The quantitative estimate of drug-likeness (QED) is 0.738. The zero-order valence-corrected chi connectivity index (χ0v) is 17.1. The lowest BCUT2D eigenvalue weighted by atomic mass is 10.1. The zero-order chi connectivity index (χ0) is 18.1. The molecule has 9 heteroatoms. The van der Waals surface area contributed by atoms with E-state index in [9.17, 15) is 16.8 Å². The molecule has 2 rings (SSSR count). The third-order valence-electron chi connectivity index (χ3n) is 4.55. The Morgan fingerprint density at radius 2 is 2.08 bits per heavy atom. The average molecular weight is 395 g/mol. The van der Waals surface area contributed by atoms with Gasteiger partial charge < -0.3 is 0 Å². The van der Waals surface area contributed by atoms with Crippen molar-refractivity contribution in [3.05, 3.63) is 15.6 Å². The van der Waals surface area contributed by atoms with Gasteiger partial charge in [0.15, 0.2) is 9.84 Å². The molecule has 1 saturated heterocycles. The summed E-state index contributed by atoms with van der Waals surface area (Å²) in [6.45, 7) is 5.78. The highest BCUT2D eigenvalue weighted by Gasteiger charge is 2.33. The van der Waals surface area contributed by atoms with Gasteiger partial charge in [-0.15, -0.1) is 11.3 Å². The van der Waals surface area contributed by atoms with E-state index in [0.717, 1.165) is 22.0 Å². The average Bonchev–Trinajstić information content (AvgIpc) is 2.85. The highest BCUT2D eigenvalue weighted by atomic mass is 32.2. The maximum Gasteiger partial charge on any atom is 0.214 e. The van der Waals surface area contributed by atoms with Crippen LogP contribution in [0, 0.1) is 12.8 Å². The molecule has 0 bridgehead atoms. The minimum atomic E-state index is -3.52. The third-order valence-corrected chi connectivity index (χ3v) is 9.99. The van der Waals surface area contributed by atoms with Crippen LogP contribution in [-0.4, -0.2) is 50.4 Å². The van der Waals surface area contributed by atoms with Gasteiger partial charge in [-0.3, -0.25) is 0 Å². The van der Waals surface area contributed by atoms with Crippen molar-refractivity contribution in [3.8, 4) is 0 Å². The standard InChI is InChI=1S/C15H26N2O4S3/c1-5-14-16-11(2)15(22-14)12(3)17(4)24(20,21)10-13-7-6-8-23(18,19)9-13/h12-13H,5-10H2,1-4H3. The number of nitrogens with zero attached hydrogens (tertiary/aromatic N) is 2. The molecule has 0 aliphatic carbocycles. The first kappa shape index (κ1) is 19.8. The maximum atomic E-state index is 12.7. The molecule has 1 aromatic heterocycles. The molecule has 0 aromatic carbocycles. The molecular weight excluding hydrogens is 368 g/mol. The second-order valence-corrected chi connectivity index (χ2v) is 11.9. The van der Waals surface area contributed by atoms with Gasteiger partial charge in [-0.2, -0.15) is 4.31 Å². The molecule has 0 spiro atoms. The van der Waals surface area contributed by atoms with E-state index >= 15 is 0 Å². The molecule has 0 radical (unpaired) electrons. The first-order valence-electron chi connectivity index (χ1n) is 8.18. The molecule has 2 heterocycles. The second-order valence-electron chi connectivity index (χ2n) is 6.50. The lowest BCUT2D eigenvalue weighted by Crippen LogP contribution is -2.37. The van der Waals surface area contributed by atoms with Gasteiger partial charge in [0, 0.05) is 11.9 Å². The largest absolute Gasteiger partial charge is 0.246 e. The van der Waals surface area contributed by atoms with E-state index in [1.54, 1.807) is 18.4 Å². The summed E-state index contributed by atoms with van der Waals surface area (Å²) in [6.07, 6.45) is 2.03.